The number of amides is 2. The predicted molar refractivity (Wildman–Crippen MR) is 147 cm³/mol. The molecule has 2 heterocycles. The normalized spacial score (nSPS) is 17.4. The molecule has 4 aromatic rings. The maximum absolute atomic E-state index is 13.1. The van der Waals surface area contributed by atoms with Crippen LogP contribution in [-0.4, -0.2) is 51.9 Å². The molecule has 8 nitrogen and oxygen atoms in total. The van der Waals surface area contributed by atoms with Gasteiger partial charge in [-0.05, 0) is 56.5 Å². The van der Waals surface area contributed by atoms with Crippen molar-refractivity contribution in [2.45, 2.75) is 57.2 Å². The second-order valence-electron chi connectivity index (χ2n) is 9.93. The van der Waals surface area contributed by atoms with Gasteiger partial charge < -0.3 is 24.9 Å². The summed E-state index contributed by atoms with van der Waals surface area (Å²) in [5.74, 6) is 0.654. The van der Waals surface area contributed by atoms with Crippen molar-refractivity contribution >= 4 is 22.7 Å². The molecule has 0 radical (unpaired) electrons. The number of nitrogens with one attached hydrogen (secondary N) is 3. The minimum Gasteiger partial charge on any atom is -0.447 e. The van der Waals surface area contributed by atoms with Crippen LogP contribution < -0.4 is 10.6 Å². The summed E-state index contributed by atoms with van der Waals surface area (Å²) in [5, 5.41) is 6.78. The summed E-state index contributed by atoms with van der Waals surface area (Å²) >= 11 is 0. The smallest absolute Gasteiger partial charge is 0.268 e. The lowest BCUT2D eigenvalue weighted by Crippen LogP contribution is -2.46. The van der Waals surface area contributed by atoms with E-state index in [2.05, 4.69) is 62.8 Å². The number of rotatable bonds is 13. The van der Waals surface area contributed by atoms with Gasteiger partial charge in [0.1, 0.15) is 17.5 Å². The van der Waals surface area contributed by atoms with Gasteiger partial charge in [0.15, 0.2) is 6.39 Å². The number of benzene rings is 2. The molecule has 3 N–H and O–H groups in total. The van der Waals surface area contributed by atoms with Crippen molar-refractivity contribution in [1.82, 2.24) is 25.5 Å². The van der Waals surface area contributed by atoms with Crippen LogP contribution in [0.5, 0.6) is 0 Å². The molecule has 0 aliphatic heterocycles. The zero-order valence-corrected chi connectivity index (χ0v) is 21.7. The number of hydrogen-bond donors (Lipinski definition) is 3. The molecule has 0 bridgehead atoms. The fraction of sp³-hybridized carbons (Fsp3) is 0.367. The van der Waals surface area contributed by atoms with E-state index in [9.17, 15) is 9.59 Å². The van der Waals surface area contributed by atoms with Crippen LogP contribution in [0.2, 0.25) is 0 Å². The molecule has 3 unspecified atom stereocenters. The summed E-state index contributed by atoms with van der Waals surface area (Å²) < 4.78 is 5.23. The largest absolute Gasteiger partial charge is 0.447 e. The average molecular weight is 514 g/mol. The molecule has 0 saturated heterocycles. The molecular formula is C30H35N5O3. The first-order chi connectivity index (χ1) is 18.6. The van der Waals surface area contributed by atoms with Crippen molar-refractivity contribution in [2.75, 3.05) is 13.1 Å². The van der Waals surface area contributed by atoms with Crippen molar-refractivity contribution < 1.29 is 14.0 Å². The van der Waals surface area contributed by atoms with E-state index in [-0.39, 0.29) is 18.4 Å². The molecule has 2 aromatic carbocycles. The van der Waals surface area contributed by atoms with Gasteiger partial charge in [-0.1, -0.05) is 55.5 Å². The number of likely N-dealkylation sites (N-methyl/N-ethyl adjacent to an activating group) is 1. The van der Waals surface area contributed by atoms with Gasteiger partial charge in [0, 0.05) is 22.9 Å². The van der Waals surface area contributed by atoms with Gasteiger partial charge in [0.05, 0.1) is 12.7 Å². The van der Waals surface area contributed by atoms with E-state index in [0.29, 0.717) is 29.8 Å². The lowest BCUT2D eigenvalue weighted by atomic mass is 10.1. The Labute approximate surface area is 222 Å². The number of para-hydroxylation sites is 1. The fourth-order valence-electron chi connectivity index (χ4n) is 5.19. The number of aromatic nitrogens is 2. The maximum Gasteiger partial charge on any atom is 0.268 e. The lowest BCUT2D eigenvalue weighted by Gasteiger charge is -2.22. The zero-order valence-electron chi connectivity index (χ0n) is 21.7. The molecule has 0 spiro atoms. The SMILES string of the molecule is CCN(CCCCC(NC(=O)c1cc2ccccc2[nH]1)C(=O)NCc1cnco1)C1CC1c1ccccc1. The standard InChI is InChI=1S/C30H35N5O3/c1-2-35(28-17-24(28)21-10-4-3-5-11-21)15-9-8-14-26(29(36)32-19-23-18-31-20-38-23)34-30(37)27-16-22-12-6-7-13-25(22)33-27/h3-7,10-13,16,18,20,24,26,28,33H,2,8-9,14-15,17,19H2,1H3,(H,32,36)(H,34,37). The number of fused-ring (bicyclic) bond motifs is 1. The third kappa shape index (κ3) is 6.31. The highest BCUT2D eigenvalue weighted by atomic mass is 16.3. The third-order valence-electron chi connectivity index (χ3n) is 7.36. The first kappa shape index (κ1) is 25.7. The highest BCUT2D eigenvalue weighted by Crippen LogP contribution is 2.44. The van der Waals surface area contributed by atoms with Gasteiger partial charge >= 0.3 is 0 Å². The minimum absolute atomic E-state index is 0.226. The summed E-state index contributed by atoms with van der Waals surface area (Å²) in [7, 11) is 0. The minimum atomic E-state index is -0.648. The Balaban J connectivity index is 1.16. The quantitative estimate of drug-likeness (QED) is 0.226. The highest BCUT2D eigenvalue weighted by molar-refractivity contribution is 6.00. The molecule has 1 fully saturated rings. The molecule has 8 heteroatoms. The van der Waals surface area contributed by atoms with Gasteiger partial charge in [-0.15, -0.1) is 0 Å². The lowest BCUT2D eigenvalue weighted by molar-refractivity contribution is -0.123. The summed E-state index contributed by atoms with van der Waals surface area (Å²) in [5.41, 5.74) is 2.74. The second kappa shape index (κ2) is 12.1. The molecule has 2 aromatic heterocycles. The van der Waals surface area contributed by atoms with Gasteiger partial charge in [0.25, 0.3) is 5.91 Å². The Hall–Kier alpha value is -3.91. The van der Waals surface area contributed by atoms with E-state index in [1.54, 1.807) is 6.20 Å². The van der Waals surface area contributed by atoms with Crippen LogP contribution in [0.15, 0.2) is 77.7 Å². The van der Waals surface area contributed by atoms with Crippen molar-refractivity contribution in [3.05, 3.63) is 90.3 Å². The molecule has 198 valence electrons. The van der Waals surface area contributed by atoms with E-state index in [0.717, 1.165) is 36.8 Å². The van der Waals surface area contributed by atoms with Crippen LogP contribution in [0.1, 0.15) is 60.3 Å². The third-order valence-corrected chi connectivity index (χ3v) is 7.36. The summed E-state index contributed by atoms with van der Waals surface area (Å²) in [6.07, 6.45) is 6.44. The predicted octanol–water partition coefficient (Wildman–Crippen LogP) is 4.62. The van der Waals surface area contributed by atoms with Crippen LogP contribution in [-0.2, 0) is 11.3 Å². The molecule has 1 aliphatic carbocycles. The Morgan fingerprint density at radius 2 is 1.95 bits per heavy atom. The van der Waals surface area contributed by atoms with Crippen molar-refractivity contribution in [2.24, 2.45) is 0 Å². The van der Waals surface area contributed by atoms with E-state index in [1.165, 1.54) is 18.4 Å². The van der Waals surface area contributed by atoms with E-state index >= 15 is 0 Å². The van der Waals surface area contributed by atoms with E-state index in [1.807, 2.05) is 30.3 Å². The summed E-state index contributed by atoms with van der Waals surface area (Å²) in [6.45, 7) is 4.42. The van der Waals surface area contributed by atoms with Crippen molar-refractivity contribution in [3.8, 4) is 0 Å². The number of unbranched alkanes of at least 4 members (excludes halogenated alkanes) is 1. The number of oxazole rings is 1. The molecule has 3 atom stereocenters. The average Bonchev–Trinajstić information content (AvgIpc) is 3.34. The Morgan fingerprint density at radius 3 is 2.71 bits per heavy atom. The number of carbonyl (C=O) groups excluding carboxylic acids is 2. The van der Waals surface area contributed by atoms with E-state index < -0.39 is 6.04 Å². The van der Waals surface area contributed by atoms with Crippen LogP contribution in [0, 0.1) is 0 Å². The molecule has 1 saturated carbocycles. The van der Waals surface area contributed by atoms with Crippen LogP contribution in [0.3, 0.4) is 0 Å². The van der Waals surface area contributed by atoms with Crippen molar-refractivity contribution in [3.63, 3.8) is 0 Å². The highest BCUT2D eigenvalue weighted by Gasteiger charge is 2.41. The second-order valence-corrected chi connectivity index (χ2v) is 9.93. The zero-order chi connectivity index (χ0) is 26.3. The van der Waals surface area contributed by atoms with E-state index in [4.69, 9.17) is 4.42 Å². The molecule has 38 heavy (non-hydrogen) atoms. The van der Waals surface area contributed by atoms with Gasteiger partial charge in [-0.3, -0.25) is 9.59 Å². The number of hydrogen-bond acceptors (Lipinski definition) is 5. The molecular weight excluding hydrogens is 478 g/mol. The van der Waals surface area contributed by atoms with Crippen LogP contribution in [0.4, 0.5) is 0 Å². The topological polar surface area (TPSA) is 103 Å². The molecule has 5 rings (SSSR count). The number of nitrogens with zero attached hydrogens (tertiary/aromatic N) is 2. The Kier molecular flexibility index (Phi) is 8.19. The summed E-state index contributed by atoms with van der Waals surface area (Å²) in [4.78, 5) is 35.7. The van der Waals surface area contributed by atoms with Crippen molar-refractivity contribution in [1.29, 1.82) is 0 Å². The first-order valence-electron chi connectivity index (χ1n) is 13.4. The van der Waals surface area contributed by atoms with Gasteiger partial charge in [0.2, 0.25) is 5.91 Å². The maximum atomic E-state index is 13.1. The Bertz CT molecular complexity index is 1300. The van der Waals surface area contributed by atoms with Gasteiger partial charge in [-0.25, -0.2) is 4.98 Å². The number of aromatic amines is 1. The molecule has 1 aliphatic rings. The monoisotopic (exact) mass is 513 g/mol. The van der Waals surface area contributed by atoms with Crippen LogP contribution >= 0.6 is 0 Å². The summed E-state index contributed by atoms with van der Waals surface area (Å²) in [6, 6.07) is 20.2. The number of H-pyrrole nitrogens is 1. The fourth-order valence-corrected chi connectivity index (χ4v) is 5.19. The van der Waals surface area contributed by atoms with Gasteiger partial charge in [-0.2, -0.15) is 0 Å². The van der Waals surface area contributed by atoms with Crippen LogP contribution in [0.25, 0.3) is 10.9 Å². The number of carbonyl (C=O) groups is 2. The molecule has 2 amide bonds. The Morgan fingerprint density at radius 1 is 1.13 bits per heavy atom. The first-order valence-corrected chi connectivity index (χ1v) is 13.4.